The van der Waals surface area contributed by atoms with Gasteiger partial charge in [0, 0.05) is 25.7 Å². The molecule has 0 bridgehead atoms. The van der Waals surface area contributed by atoms with Crippen molar-refractivity contribution in [3.63, 3.8) is 0 Å². The Morgan fingerprint density at radius 1 is 1.47 bits per heavy atom. The average Bonchev–Trinajstić information content (AvgIpc) is 2.76. The van der Waals surface area contributed by atoms with Crippen LogP contribution in [0, 0.1) is 0 Å². The Morgan fingerprint density at radius 2 is 2.13 bits per heavy atom. The third-order valence-corrected chi connectivity index (χ3v) is 2.63. The zero-order chi connectivity index (χ0) is 11.1. The minimum Gasteiger partial charge on any atom is -0.380 e. The van der Waals surface area contributed by atoms with Crippen molar-refractivity contribution in [3.05, 3.63) is 0 Å². The van der Waals surface area contributed by atoms with Gasteiger partial charge in [-0.05, 0) is 26.7 Å². The summed E-state index contributed by atoms with van der Waals surface area (Å²) in [5.41, 5.74) is 0. The van der Waals surface area contributed by atoms with E-state index in [-0.39, 0.29) is 11.9 Å². The Bertz CT molecular complexity index is 191. The van der Waals surface area contributed by atoms with E-state index in [1.807, 2.05) is 18.7 Å². The highest BCUT2D eigenvalue weighted by Crippen LogP contribution is 2.06. The van der Waals surface area contributed by atoms with Crippen molar-refractivity contribution in [2.45, 2.75) is 32.7 Å². The number of ether oxygens (including phenoxy) is 1. The highest BCUT2D eigenvalue weighted by molar-refractivity contribution is 5.78. The summed E-state index contributed by atoms with van der Waals surface area (Å²) >= 11 is 0. The van der Waals surface area contributed by atoms with Gasteiger partial charge in [0.05, 0.1) is 13.2 Å². The summed E-state index contributed by atoms with van der Waals surface area (Å²) in [6, 6.07) is 0.247. The Balaban J connectivity index is 2.10. The number of hydrogen-bond donors (Lipinski definition) is 1. The van der Waals surface area contributed by atoms with Gasteiger partial charge in [-0.15, -0.1) is 0 Å². The largest absolute Gasteiger partial charge is 0.380 e. The number of hydrogen-bond acceptors (Lipinski definition) is 3. The molecule has 4 nitrogen and oxygen atoms in total. The molecule has 1 atom stereocenters. The van der Waals surface area contributed by atoms with E-state index in [0.29, 0.717) is 13.2 Å². The number of nitrogens with one attached hydrogen (secondary N) is 1. The molecule has 0 aromatic rings. The standard InChI is InChI=1S/C11H22N2O2/c1-3-15-9-10(2)12-8-11(14)13-6-4-5-7-13/h10,12H,3-9H2,1-2H3. The summed E-state index contributed by atoms with van der Waals surface area (Å²) in [4.78, 5) is 13.6. The fourth-order valence-corrected chi connectivity index (χ4v) is 1.69. The molecular formula is C11H22N2O2. The molecule has 1 fully saturated rings. The van der Waals surface area contributed by atoms with E-state index in [4.69, 9.17) is 4.74 Å². The number of likely N-dealkylation sites (tertiary alicyclic amines) is 1. The summed E-state index contributed by atoms with van der Waals surface area (Å²) < 4.78 is 5.27. The molecule has 1 amide bonds. The normalized spacial score (nSPS) is 18.1. The first kappa shape index (κ1) is 12.5. The summed E-state index contributed by atoms with van der Waals surface area (Å²) in [6.45, 7) is 7.71. The van der Waals surface area contributed by atoms with Gasteiger partial charge >= 0.3 is 0 Å². The van der Waals surface area contributed by atoms with E-state index in [1.165, 1.54) is 0 Å². The van der Waals surface area contributed by atoms with Gasteiger partial charge in [0.1, 0.15) is 0 Å². The van der Waals surface area contributed by atoms with Gasteiger partial charge in [-0.3, -0.25) is 4.79 Å². The summed E-state index contributed by atoms with van der Waals surface area (Å²) in [7, 11) is 0. The molecule has 1 heterocycles. The molecule has 4 heteroatoms. The van der Waals surface area contributed by atoms with E-state index in [1.54, 1.807) is 0 Å². The van der Waals surface area contributed by atoms with Crippen LogP contribution in [0.3, 0.4) is 0 Å². The number of nitrogens with zero attached hydrogens (tertiary/aromatic N) is 1. The topological polar surface area (TPSA) is 41.6 Å². The summed E-state index contributed by atoms with van der Waals surface area (Å²) in [5, 5.41) is 3.18. The van der Waals surface area contributed by atoms with Gasteiger partial charge in [-0.1, -0.05) is 0 Å². The van der Waals surface area contributed by atoms with E-state index in [9.17, 15) is 4.79 Å². The van der Waals surface area contributed by atoms with Crippen LogP contribution in [0.25, 0.3) is 0 Å². The molecule has 0 aromatic heterocycles. The second-order valence-corrected chi connectivity index (χ2v) is 4.03. The molecule has 1 rings (SSSR count). The number of carbonyl (C=O) groups excluding carboxylic acids is 1. The van der Waals surface area contributed by atoms with Crippen molar-refractivity contribution in [2.75, 3.05) is 32.8 Å². The minimum absolute atomic E-state index is 0.218. The van der Waals surface area contributed by atoms with Gasteiger partial charge in [0.15, 0.2) is 0 Å². The lowest BCUT2D eigenvalue weighted by molar-refractivity contribution is -0.129. The molecule has 15 heavy (non-hydrogen) atoms. The van der Waals surface area contributed by atoms with Crippen LogP contribution >= 0.6 is 0 Å². The summed E-state index contributed by atoms with van der Waals surface area (Å²) in [6.07, 6.45) is 2.31. The third-order valence-electron chi connectivity index (χ3n) is 2.63. The lowest BCUT2D eigenvalue weighted by atomic mass is 10.3. The molecular weight excluding hydrogens is 192 g/mol. The molecule has 0 radical (unpaired) electrons. The van der Waals surface area contributed by atoms with E-state index in [2.05, 4.69) is 5.32 Å². The van der Waals surface area contributed by atoms with Gasteiger partial charge in [-0.2, -0.15) is 0 Å². The maximum absolute atomic E-state index is 11.6. The van der Waals surface area contributed by atoms with Crippen LogP contribution in [-0.4, -0.2) is 49.7 Å². The van der Waals surface area contributed by atoms with E-state index in [0.717, 1.165) is 32.5 Å². The van der Waals surface area contributed by atoms with E-state index < -0.39 is 0 Å². The van der Waals surface area contributed by atoms with Gasteiger partial charge < -0.3 is 15.0 Å². The van der Waals surface area contributed by atoms with Crippen LogP contribution in [0.1, 0.15) is 26.7 Å². The first-order chi connectivity index (χ1) is 7.24. The highest BCUT2D eigenvalue weighted by atomic mass is 16.5. The zero-order valence-electron chi connectivity index (χ0n) is 9.79. The first-order valence-corrected chi connectivity index (χ1v) is 5.83. The molecule has 1 saturated heterocycles. The number of amides is 1. The zero-order valence-corrected chi connectivity index (χ0v) is 9.79. The van der Waals surface area contributed by atoms with Crippen LogP contribution in [-0.2, 0) is 9.53 Å². The molecule has 1 unspecified atom stereocenters. The van der Waals surface area contributed by atoms with Crippen molar-refractivity contribution in [1.82, 2.24) is 10.2 Å². The molecule has 0 aliphatic carbocycles. The minimum atomic E-state index is 0.218. The first-order valence-electron chi connectivity index (χ1n) is 5.83. The van der Waals surface area contributed by atoms with Gasteiger partial charge in [-0.25, -0.2) is 0 Å². The SMILES string of the molecule is CCOCC(C)NCC(=O)N1CCCC1. The number of carbonyl (C=O) groups is 1. The molecule has 88 valence electrons. The average molecular weight is 214 g/mol. The van der Waals surface area contributed by atoms with E-state index >= 15 is 0 Å². The molecule has 1 aliphatic rings. The van der Waals surface area contributed by atoms with Crippen LogP contribution in [0.4, 0.5) is 0 Å². The van der Waals surface area contributed by atoms with Gasteiger partial charge in [0.25, 0.3) is 0 Å². The van der Waals surface area contributed by atoms with Crippen LogP contribution < -0.4 is 5.32 Å². The highest BCUT2D eigenvalue weighted by Gasteiger charge is 2.17. The molecule has 1 aliphatic heterocycles. The lowest BCUT2D eigenvalue weighted by Crippen LogP contribution is -2.41. The maximum Gasteiger partial charge on any atom is 0.236 e. The Kier molecular flexibility index (Phi) is 5.65. The predicted octanol–water partition coefficient (Wildman–Crippen LogP) is 0.623. The fraction of sp³-hybridized carbons (Fsp3) is 0.909. The molecule has 0 spiro atoms. The maximum atomic E-state index is 11.6. The number of rotatable bonds is 6. The Morgan fingerprint density at radius 3 is 2.73 bits per heavy atom. The lowest BCUT2D eigenvalue weighted by Gasteiger charge is -2.18. The third kappa shape index (κ3) is 4.62. The predicted molar refractivity (Wildman–Crippen MR) is 59.8 cm³/mol. The monoisotopic (exact) mass is 214 g/mol. The van der Waals surface area contributed by atoms with Crippen molar-refractivity contribution >= 4 is 5.91 Å². The quantitative estimate of drug-likeness (QED) is 0.705. The second kappa shape index (κ2) is 6.80. The van der Waals surface area contributed by atoms with Crippen LogP contribution in [0.2, 0.25) is 0 Å². The van der Waals surface area contributed by atoms with Crippen LogP contribution in [0.5, 0.6) is 0 Å². The molecule has 0 saturated carbocycles. The van der Waals surface area contributed by atoms with Crippen molar-refractivity contribution < 1.29 is 9.53 Å². The summed E-state index contributed by atoms with van der Waals surface area (Å²) in [5.74, 6) is 0.218. The van der Waals surface area contributed by atoms with Gasteiger partial charge in [0.2, 0.25) is 5.91 Å². The second-order valence-electron chi connectivity index (χ2n) is 4.03. The van der Waals surface area contributed by atoms with Crippen molar-refractivity contribution in [3.8, 4) is 0 Å². The Hall–Kier alpha value is -0.610. The fourth-order valence-electron chi connectivity index (χ4n) is 1.69. The van der Waals surface area contributed by atoms with Crippen molar-refractivity contribution in [1.29, 1.82) is 0 Å². The molecule has 1 N–H and O–H groups in total. The van der Waals surface area contributed by atoms with Crippen LogP contribution in [0.15, 0.2) is 0 Å². The van der Waals surface area contributed by atoms with Crippen molar-refractivity contribution in [2.24, 2.45) is 0 Å². The molecule has 0 aromatic carbocycles. The smallest absolute Gasteiger partial charge is 0.236 e. The Labute approximate surface area is 92.0 Å².